The number of amides is 1. The highest BCUT2D eigenvalue weighted by Crippen LogP contribution is 2.29. The number of nitrogens with zero attached hydrogens (tertiary/aromatic N) is 1. The maximum atomic E-state index is 12.9. The van der Waals surface area contributed by atoms with E-state index in [1.807, 2.05) is 66.4 Å². The molecule has 2 atom stereocenters. The molecule has 0 radical (unpaired) electrons. The summed E-state index contributed by atoms with van der Waals surface area (Å²) in [4.78, 5) is 14.8. The second-order valence-corrected chi connectivity index (χ2v) is 6.62. The van der Waals surface area contributed by atoms with Crippen LogP contribution in [0.3, 0.4) is 0 Å². The van der Waals surface area contributed by atoms with Crippen LogP contribution in [0.4, 0.5) is 0 Å². The van der Waals surface area contributed by atoms with Gasteiger partial charge in [-0.25, -0.2) is 0 Å². The zero-order chi connectivity index (χ0) is 17.6. The first kappa shape index (κ1) is 20.7. The molecule has 2 aromatic rings. The van der Waals surface area contributed by atoms with Crippen molar-refractivity contribution in [3.63, 3.8) is 0 Å². The molecule has 2 aromatic carbocycles. The Morgan fingerprint density at radius 1 is 1.23 bits per heavy atom. The van der Waals surface area contributed by atoms with E-state index in [0.29, 0.717) is 24.7 Å². The fourth-order valence-corrected chi connectivity index (χ4v) is 3.35. The van der Waals surface area contributed by atoms with Crippen molar-refractivity contribution >= 4 is 29.9 Å². The molecule has 1 fully saturated rings. The van der Waals surface area contributed by atoms with Gasteiger partial charge in [0.25, 0.3) is 5.91 Å². The molecule has 26 heavy (non-hydrogen) atoms. The van der Waals surface area contributed by atoms with E-state index in [9.17, 15) is 4.79 Å². The lowest BCUT2D eigenvalue weighted by Crippen LogP contribution is -2.51. The first-order chi connectivity index (χ1) is 12.2. The highest BCUT2D eigenvalue weighted by Gasteiger charge is 2.31. The van der Waals surface area contributed by atoms with E-state index in [-0.39, 0.29) is 24.4 Å². The molecule has 2 unspecified atom stereocenters. The third-order valence-corrected chi connectivity index (χ3v) is 4.83. The minimum atomic E-state index is -0.497. The summed E-state index contributed by atoms with van der Waals surface area (Å²) in [6.45, 7) is 4.36. The summed E-state index contributed by atoms with van der Waals surface area (Å²) in [6.07, 6.45) is -0.497. The van der Waals surface area contributed by atoms with Crippen LogP contribution in [-0.2, 0) is 16.1 Å². The Morgan fingerprint density at radius 2 is 1.92 bits per heavy atom. The Bertz CT molecular complexity index is 712. The van der Waals surface area contributed by atoms with Gasteiger partial charge in [-0.15, -0.1) is 12.4 Å². The van der Waals surface area contributed by atoms with Crippen LogP contribution in [0.1, 0.15) is 24.1 Å². The molecular weight excluding hydrogens is 371 g/mol. The molecule has 1 saturated heterocycles. The van der Waals surface area contributed by atoms with Gasteiger partial charge < -0.3 is 15.0 Å². The number of rotatable bonds is 5. The van der Waals surface area contributed by atoms with E-state index in [1.54, 1.807) is 0 Å². The predicted octanol–water partition coefficient (Wildman–Crippen LogP) is 3.84. The lowest BCUT2D eigenvalue weighted by atomic mass is 10.0. The maximum absolute atomic E-state index is 12.9. The lowest BCUT2D eigenvalue weighted by Gasteiger charge is -2.38. The van der Waals surface area contributed by atoms with Crippen molar-refractivity contribution in [3.8, 4) is 0 Å². The normalized spacial score (nSPS) is 18.1. The Balaban J connectivity index is 0.00000243. The number of benzene rings is 2. The molecule has 0 saturated carbocycles. The number of carbonyl (C=O) groups excluding carboxylic acids is 1. The zero-order valence-corrected chi connectivity index (χ0v) is 16.3. The Hall–Kier alpha value is -1.59. The van der Waals surface area contributed by atoms with Crippen LogP contribution >= 0.6 is 24.0 Å². The lowest BCUT2D eigenvalue weighted by molar-refractivity contribution is -0.146. The fraction of sp³-hybridized carbons (Fsp3) is 0.350. The SMILES string of the molecule is CC(OCc1ccccc1)C(=O)N1CCNCC1c1ccccc1Cl.Cl. The average Bonchev–Trinajstić information content (AvgIpc) is 2.67. The monoisotopic (exact) mass is 394 g/mol. The molecule has 0 aliphatic carbocycles. The molecule has 1 aliphatic rings. The molecule has 1 N–H and O–H groups in total. The van der Waals surface area contributed by atoms with E-state index in [0.717, 1.165) is 17.7 Å². The van der Waals surface area contributed by atoms with Gasteiger partial charge in [0.1, 0.15) is 6.10 Å². The molecule has 0 spiro atoms. The van der Waals surface area contributed by atoms with Gasteiger partial charge in [-0.2, -0.15) is 0 Å². The molecule has 0 bridgehead atoms. The average molecular weight is 395 g/mol. The third kappa shape index (κ3) is 4.98. The summed E-state index contributed by atoms with van der Waals surface area (Å²) in [5, 5.41) is 4.04. The molecule has 1 amide bonds. The second-order valence-electron chi connectivity index (χ2n) is 6.21. The maximum Gasteiger partial charge on any atom is 0.252 e. The molecule has 3 rings (SSSR count). The summed E-state index contributed by atoms with van der Waals surface area (Å²) in [5.74, 6) is 0.00218. The first-order valence-electron chi connectivity index (χ1n) is 8.58. The van der Waals surface area contributed by atoms with E-state index in [1.165, 1.54) is 0 Å². The van der Waals surface area contributed by atoms with Crippen LogP contribution < -0.4 is 5.32 Å². The van der Waals surface area contributed by atoms with Crippen LogP contribution in [0.5, 0.6) is 0 Å². The van der Waals surface area contributed by atoms with E-state index in [2.05, 4.69) is 5.32 Å². The number of nitrogens with one attached hydrogen (secondary N) is 1. The van der Waals surface area contributed by atoms with Gasteiger partial charge in [0.2, 0.25) is 0 Å². The fourth-order valence-electron chi connectivity index (χ4n) is 3.09. The topological polar surface area (TPSA) is 41.6 Å². The van der Waals surface area contributed by atoms with E-state index in [4.69, 9.17) is 16.3 Å². The zero-order valence-electron chi connectivity index (χ0n) is 14.7. The largest absolute Gasteiger partial charge is 0.364 e. The van der Waals surface area contributed by atoms with Gasteiger partial charge in [0.15, 0.2) is 0 Å². The van der Waals surface area contributed by atoms with Gasteiger partial charge in [-0.1, -0.05) is 60.1 Å². The van der Waals surface area contributed by atoms with E-state index >= 15 is 0 Å². The molecule has 6 heteroatoms. The molecule has 4 nitrogen and oxygen atoms in total. The number of halogens is 2. The summed E-state index contributed by atoms with van der Waals surface area (Å²) in [7, 11) is 0. The van der Waals surface area contributed by atoms with Crippen LogP contribution in [0.2, 0.25) is 5.02 Å². The number of carbonyl (C=O) groups is 1. The number of piperazine rings is 1. The minimum absolute atomic E-state index is 0. The molecule has 0 aromatic heterocycles. The van der Waals surface area contributed by atoms with Gasteiger partial charge in [0, 0.05) is 24.7 Å². The summed E-state index contributed by atoms with van der Waals surface area (Å²) < 4.78 is 5.81. The van der Waals surface area contributed by atoms with Crippen molar-refractivity contribution < 1.29 is 9.53 Å². The molecule has 140 valence electrons. The Kier molecular flexibility index (Phi) is 7.91. The van der Waals surface area contributed by atoms with Crippen LogP contribution in [-0.4, -0.2) is 36.5 Å². The highest BCUT2D eigenvalue weighted by molar-refractivity contribution is 6.31. The Labute approximate surface area is 165 Å². The quantitative estimate of drug-likeness (QED) is 0.837. The highest BCUT2D eigenvalue weighted by atomic mass is 35.5. The summed E-state index contributed by atoms with van der Waals surface area (Å²) in [5.41, 5.74) is 2.03. The predicted molar refractivity (Wildman–Crippen MR) is 107 cm³/mol. The molecule has 1 aliphatic heterocycles. The number of ether oxygens (including phenoxy) is 1. The minimum Gasteiger partial charge on any atom is -0.364 e. The van der Waals surface area contributed by atoms with Crippen LogP contribution in [0, 0.1) is 0 Å². The van der Waals surface area contributed by atoms with Gasteiger partial charge in [-0.3, -0.25) is 4.79 Å². The summed E-state index contributed by atoms with van der Waals surface area (Å²) >= 11 is 6.35. The van der Waals surface area contributed by atoms with E-state index < -0.39 is 6.10 Å². The summed E-state index contributed by atoms with van der Waals surface area (Å²) in [6, 6.07) is 17.5. The van der Waals surface area contributed by atoms with Crippen molar-refractivity contribution in [1.82, 2.24) is 10.2 Å². The van der Waals surface area contributed by atoms with Crippen molar-refractivity contribution in [2.75, 3.05) is 19.6 Å². The first-order valence-corrected chi connectivity index (χ1v) is 8.96. The smallest absolute Gasteiger partial charge is 0.252 e. The number of hydrogen-bond acceptors (Lipinski definition) is 3. The number of hydrogen-bond donors (Lipinski definition) is 1. The van der Waals surface area contributed by atoms with Gasteiger partial charge in [0.05, 0.1) is 12.6 Å². The van der Waals surface area contributed by atoms with Crippen molar-refractivity contribution in [3.05, 3.63) is 70.7 Å². The van der Waals surface area contributed by atoms with Gasteiger partial charge >= 0.3 is 0 Å². The van der Waals surface area contributed by atoms with Gasteiger partial charge in [-0.05, 0) is 24.1 Å². The Morgan fingerprint density at radius 3 is 2.65 bits per heavy atom. The standard InChI is InChI=1S/C20H23ClN2O2.ClH/c1-15(25-14-16-7-3-2-4-8-16)20(24)23-12-11-22-13-19(23)17-9-5-6-10-18(17)21;/h2-10,15,19,22H,11-14H2,1H3;1H. The third-order valence-electron chi connectivity index (χ3n) is 4.48. The second kappa shape index (κ2) is 9.93. The van der Waals surface area contributed by atoms with Crippen molar-refractivity contribution in [1.29, 1.82) is 0 Å². The van der Waals surface area contributed by atoms with Crippen LogP contribution in [0.25, 0.3) is 0 Å². The van der Waals surface area contributed by atoms with Crippen molar-refractivity contribution in [2.45, 2.75) is 25.7 Å². The van der Waals surface area contributed by atoms with Crippen LogP contribution in [0.15, 0.2) is 54.6 Å². The molecular formula is C20H24Cl2N2O2. The molecule has 1 heterocycles. The van der Waals surface area contributed by atoms with Crippen molar-refractivity contribution in [2.24, 2.45) is 0 Å².